The largest absolute Gasteiger partial charge is 0.488 e. The first-order valence-electron chi connectivity index (χ1n) is 7.27. The SMILES string of the molecule is COC(=O)c1c(C)[nH]c(C(=O)OCCOc2ccccc2Cl)c1C. The van der Waals surface area contributed by atoms with Gasteiger partial charge in [-0.15, -0.1) is 0 Å². The lowest BCUT2D eigenvalue weighted by atomic mass is 10.1. The Kier molecular flexibility index (Phi) is 5.87. The number of aromatic nitrogens is 1. The van der Waals surface area contributed by atoms with E-state index in [0.717, 1.165) is 0 Å². The van der Waals surface area contributed by atoms with Gasteiger partial charge in [0.1, 0.15) is 24.7 Å². The number of aryl methyl sites for hydroxylation is 1. The van der Waals surface area contributed by atoms with Crippen LogP contribution in [0, 0.1) is 13.8 Å². The molecule has 0 aliphatic heterocycles. The van der Waals surface area contributed by atoms with Crippen molar-refractivity contribution in [3.63, 3.8) is 0 Å². The molecular formula is C17H18ClNO5. The zero-order valence-electron chi connectivity index (χ0n) is 13.6. The molecule has 0 amide bonds. The molecule has 6 nitrogen and oxygen atoms in total. The third-order valence-corrected chi connectivity index (χ3v) is 3.75. The highest BCUT2D eigenvalue weighted by molar-refractivity contribution is 6.32. The van der Waals surface area contributed by atoms with Gasteiger partial charge >= 0.3 is 11.9 Å². The van der Waals surface area contributed by atoms with Crippen LogP contribution in [0.1, 0.15) is 32.1 Å². The molecule has 1 aromatic carbocycles. The summed E-state index contributed by atoms with van der Waals surface area (Å²) in [7, 11) is 1.29. The van der Waals surface area contributed by atoms with E-state index in [2.05, 4.69) is 4.98 Å². The number of aromatic amines is 1. The van der Waals surface area contributed by atoms with Crippen LogP contribution in [0.4, 0.5) is 0 Å². The number of carbonyl (C=O) groups is 2. The van der Waals surface area contributed by atoms with E-state index in [0.29, 0.717) is 27.6 Å². The van der Waals surface area contributed by atoms with Gasteiger partial charge < -0.3 is 19.2 Å². The monoisotopic (exact) mass is 351 g/mol. The molecule has 1 aromatic heterocycles. The molecule has 0 radical (unpaired) electrons. The molecule has 1 heterocycles. The van der Waals surface area contributed by atoms with Gasteiger partial charge in [0.05, 0.1) is 17.7 Å². The van der Waals surface area contributed by atoms with Gasteiger partial charge in [-0.25, -0.2) is 9.59 Å². The topological polar surface area (TPSA) is 77.6 Å². The molecule has 1 N–H and O–H groups in total. The van der Waals surface area contributed by atoms with Crippen LogP contribution in [-0.4, -0.2) is 37.2 Å². The number of H-pyrrole nitrogens is 1. The number of hydrogen-bond acceptors (Lipinski definition) is 5. The van der Waals surface area contributed by atoms with Crippen LogP contribution in [-0.2, 0) is 9.47 Å². The quantitative estimate of drug-likeness (QED) is 0.638. The minimum atomic E-state index is -0.562. The molecule has 2 aromatic rings. The van der Waals surface area contributed by atoms with Crippen LogP contribution in [0.25, 0.3) is 0 Å². The fourth-order valence-electron chi connectivity index (χ4n) is 2.28. The number of methoxy groups -OCH3 is 1. The van der Waals surface area contributed by atoms with Crippen molar-refractivity contribution in [1.29, 1.82) is 0 Å². The Morgan fingerprint density at radius 2 is 1.83 bits per heavy atom. The molecule has 7 heteroatoms. The Balaban J connectivity index is 1.94. The molecular weight excluding hydrogens is 334 g/mol. The van der Waals surface area contributed by atoms with Crippen molar-refractivity contribution in [2.45, 2.75) is 13.8 Å². The van der Waals surface area contributed by atoms with Gasteiger partial charge in [-0.1, -0.05) is 23.7 Å². The van der Waals surface area contributed by atoms with Crippen molar-refractivity contribution < 1.29 is 23.8 Å². The molecule has 0 aliphatic carbocycles. The lowest BCUT2D eigenvalue weighted by Gasteiger charge is -2.08. The second-order valence-corrected chi connectivity index (χ2v) is 5.44. The minimum absolute atomic E-state index is 0.0507. The molecule has 0 saturated heterocycles. The maximum atomic E-state index is 12.1. The van der Waals surface area contributed by atoms with E-state index in [4.69, 9.17) is 25.8 Å². The number of carbonyl (C=O) groups excluding carboxylic acids is 2. The zero-order chi connectivity index (χ0) is 17.7. The van der Waals surface area contributed by atoms with Crippen molar-refractivity contribution in [1.82, 2.24) is 4.98 Å². The predicted molar refractivity (Wildman–Crippen MR) is 88.8 cm³/mol. The molecule has 0 aliphatic rings. The molecule has 0 bridgehead atoms. The summed E-state index contributed by atoms with van der Waals surface area (Å²) in [5.74, 6) is -0.536. The van der Waals surface area contributed by atoms with E-state index >= 15 is 0 Å². The van der Waals surface area contributed by atoms with Gasteiger partial charge in [0, 0.05) is 5.69 Å². The molecule has 0 spiro atoms. The van der Waals surface area contributed by atoms with Crippen LogP contribution in [0.3, 0.4) is 0 Å². The van der Waals surface area contributed by atoms with Crippen molar-refractivity contribution >= 4 is 23.5 Å². The number of rotatable bonds is 6. The van der Waals surface area contributed by atoms with Crippen LogP contribution < -0.4 is 4.74 Å². The molecule has 2 rings (SSSR count). The van der Waals surface area contributed by atoms with E-state index in [9.17, 15) is 9.59 Å². The second-order valence-electron chi connectivity index (χ2n) is 5.03. The van der Waals surface area contributed by atoms with Crippen LogP contribution >= 0.6 is 11.6 Å². The van der Waals surface area contributed by atoms with Crippen molar-refractivity contribution in [3.05, 3.63) is 51.8 Å². The summed E-state index contributed by atoms with van der Waals surface area (Å²) in [5, 5.41) is 0.488. The minimum Gasteiger partial charge on any atom is -0.488 e. The number of nitrogens with one attached hydrogen (secondary N) is 1. The molecule has 0 saturated carbocycles. The Labute approximate surface area is 144 Å². The van der Waals surface area contributed by atoms with E-state index < -0.39 is 11.9 Å². The maximum absolute atomic E-state index is 12.1. The summed E-state index contributed by atoms with van der Waals surface area (Å²) in [6, 6.07) is 7.03. The van der Waals surface area contributed by atoms with Crippen molar-refractivity contribution in [3.8, 4) is 5.75 Å². The Morgan fingerprint density at radius 1 is 1.12 bits per heavy atom. The zero-order valence-corrected chi connectivity index (χ0v) is 14.4. The highest BCUT2D eigenvalue weighted by atomic mass is 35.5. The predicted octanol–water partition coefficient (Wildman–Crippen LogP) is 3.31. The third-order valence-electron chi connectivity index (χ3n) is 3.44. The van der Waals surface area contributed by atoms with Gasteiger partial charge in [0.2, 0.25) is 0 Å². The average molecular weight is 352 g/mol. The second kappa shape index (κ2) is 7.88. The lowest BCUT2D eigenvalue weighted by Crippen LogP contribution is -2.14. The van der Waals surface area contributed by atoms with E-state index in [1.54, 1.807) is 38.1 Å². The first-order chi connectivity index (χ1) is 11.5. The summed E-state index contributed by atoms with van der Waals surface area (Å²) in [6.45, 7) is 3.57. The normalized spacial score (nSPS) is 10.3. The van der Waals surface area contributed by atoms with Gasteiger partial charge in [0.15, 0.2) is 0 Å². The van der Waals surface area contributed by atoms with E-state index in [1.165, 1.54) is 7.11 Å². The highest BCUT2D eigenvalue weighted by Gasteiger charge is 2.23. The fraction of sp³-hybridized carbons (Fsp3) is 0.294. The Bertz CT molecular complexity index is 753. The van der Waals surface area contributed by atoms with Crippen molar-refractivity contribution in [2.75, 3.05) is 20.3 Å². The van der Waals surface area contributed by atoms with Crippen LogP contribution in [0.5, 0.6) is 5.75 Å². The summed E-state index contributed by atoms with van der Waals surface area (Å²) in [6.07, 6.45) is 0. The average Bonchev–Trinajstić information content (AvgIpc) is 2.87. The third kappa shape index (κ3) is 3.89. The Morgan fingerprint density at radius 3 is 2.50 bits per heavy atom. The standard InChI is InChI=1S/C17H18ClNO5/c1-10-14(16(20)22-3)11(2)19-15(10)17(21)24-9-8-23-13-7-5-4-6-12(13)18/h4-7,19H,8-9H2,1-3H3. The van der Waals surface area contributed by atoms with Gasteiger partial charge in [-0.3, -0.25) is 0 Å². The summed E-state index contributed by atoms with van der Waals surface area (Å²) in [4.78, 5) is 26.7. The molecule has 24 heavy (non-hydrogen) atoms. The molecule has 128 valence electrons. The molecule has 0 unspecified atom stereocenters. The fourth-order valence-corrected chi connectivity index (χ4v) is 2.47. The first kappa shape index (κ1) is 17.9. The first-order valence-corrected chi connectivity index (χ1v) is 7.65. The van der Waals surface area contributed by atoms with Crippen LogP contribution in [0.2, 0.25) is 5.02 Å². The maximum Gasteiger partial charge on any atom is 0.355 e. The molecule has 0 fully saturated rings. The Hall–Kier alpha value is -2.47. The number of esters is 2. The number of ether oxygens (including phenoxy) is 3. The van der Waals surface area contributed by atoms with Gasteiger partial charge in [-0.05, 0) is 31.5 Å². The van der Waals surface area contributed by atoms with Gasteiger partial charge in [-0.2, -0.15) is 0 Å². The number of para-hydroxylation sites is 1. The number of benzene rings is 1. The number of halogens is 1. The summed E-state index contributed by atoms with van der Waals surface area (Å²) < 4.78 is 15.3. The summed E-state index contributed by atoms with van der Waals surface area (Å²) in [5.41, 5.74) is 1.62. The van der Waals surface area contributed by atoms with E-state index in [1.807, 2.05) is 0 Å². The smallest absolute Gasteiger partial charge is 0.355 e. The van der Waals surface area contributed by atoms with Crippen molar-refractivity contribution in [2.24, 2.45) is 0 Å². The number of hydrogen-bond donors (Lipinski definition) is 1. The van der Waals surface area contributed by atoms with Crippen LogP contribution in [0.15, 0.2) is 24.3 Å². The van der Waals surface area contributed by atoms with Gasteiger partial charge in [0.25, 0.3) is 0 Å². The van der Waals surface area contributed by atoms with E-state index in [-0.39, 0.29) is 18.9 Å². The lowest BCUT2D eigenvalue weighted by molar-refractivity contribution is 0.0443. The highest BCUT2D eigenvalue weighted by Crippen LogP contribution is 2.23. The molecule has 0 atom stereocenters. The summed E-state index contributed by atoms with van der Waals surface area (Å²) >= 11 is 5.96.